The third kappa shape index (κ3) is 1.48. The molecule has 0 bridgehead atoms. The summed E-state index contributed by atoms with van der Waals surface area (Å²) in [5, 5.41) is 0. The average Bonchev–Trinajstić information content (AvgIpc) is 2.37. The molecule has 0 N–H and O–H groups in total. The molecule has 1 rings (SSSR count). The van der Waals surface area contributed by atoms with E-state index in [4.69, 9.17) is 0 Å². The van der Waals surface area contributed by atoms with Crippen molar-refractivity contribution >= 4 is 0 Å². The molecule has 0 aromatic rings. The molecule has 50 valence electrons. The zero-order chi connectivity index (χ0) is 6.69. The van der Waals surface area contributed by atoms with E-state index in [9.17, 15) is 0 Å². The fraction of sp³-hybridized carbons (Fsp3) is 0.778. The highest BCUT2D eigenvalue weighted by molar-refractivity contribution is 5.11. The molecular formula is C9H14. The van der Waals surface area contributed by atoms with Crippen LogP contribution in [0.25, 0.3) is 0 Å². The van der Waals surface area contributed by atoms with Crippen LogP contribution in [0.3, 0.4) is 0 Å². The van der Waals surface area contributed by atoms with Gasteiger partial charge in [0.15, 0.2) is 0 Å². The van der Waals surface area contributed by atoms with Crippen molar-refractivity contribution < 1.29 is 0 Å². The van der Waals surface area contributed by atoms with Gasteiger partial charge in [-0.3, -0.25) is 0 Å². The van der Waals surface area contributed by atoms with Crippen LogP contribution in [0.15, 0.2) is 0 Å². The Kier molecular flexibility index (Phi) is 2.16. The largest absolute Gasteiger partial charge is 0.103 e. The minimum atomic E-state index is 0.718. The summed E-state index contributed by atoms with van der Waals surface area (Å²) < 4.78 is 0. The summed E-state index contributed by atoms with van der Waals surface area (Å²) >= 11 is 0. The zero-order valence-electron chi connectivity index (χ0n) is 6.28. The van der Waals surface area contributed by atoms with Gasteiger partial charge in [0, 0.05) is 12.3 Å². The van der Waals surface area contributed by atoms with Gasteiger partial charge in [0.1, 0.15) is 0 Å². The van der Waals surface area contributed by atoms with E-state index in [1.54, 1.807) is 0 Å². The number of hydrogen-bond donors (Lipinski definition) is 0. The van der Waals surface area contributed by atoms with Crippen LogP contribution in [0.2, 0.25) is 0 Å². The van der Waals surface area contributed by atoms with E-state index in [1.165, 1.54) is 12.8 Å². The van der Waals surface area contributed by atoms with Crippen LogP contribution in [0.5, 0.6) is 0 Å². The molecule has 0 amide bonds. The molecule has 0 spiro atoms. The Hall–Kier alpha value is -0.440. The second-order valence-electron chi connectivity index (χ2n) is 2.85. The summed E-state index contributed by atoms with van der Waals surface area (Å²) in [4.78, 5) is 0. The van der Waals surface area contributed by atoms with Crippen LogP contribution in [-0.4, -0.2) is 0 Å². The van der Waals surface area contributed by atoms with Crippen molar-refractivity contribution in [2.24, 2.45) is 11.8 Å². The van der Waals surface area contributed by atoms with Gasteiger partial charge in [-0.1, -0.05) is 26.2 Å². The summed E-state index contributed by atoms with van der Waals surface area (Å²) in [6.45, 7) is 4.54. The average molecular weight is 122 g/mol. The monoisotopic (exact) mass is 122 g/mol. The number of rotatable bonds is 2. The highest BCUT2D eigenvalue weighted by Gasteiger charge is 2.14. The lowest BCUT2D eigenvalue weighted by molar-refractivity contribution is 0.420. The Morgan fingerprint density at radius 3 is 2.89 bits per heavy atom. The first-order valence-electron chi connectivity index (χ1n) is 3.83. The lowest BCUT2D eigenvalue weighted by Crippen LogP contribution is -2.05. The van der Waals surface area contributed by atoms with Gasteiger partial charge in [-0.25, -0.2) is 0 Å². The van der Waals surface area contributed by atoms with E-state index in [0.717, 1.165) is 18.3 Å². The van der Waals surface area contributed by atoms with Crippen LogP contribution >= 0.6 is 0 Å². The van der Waals surface area contributed by atoms with Crippen LogP contribution in [0, 0.1) is 23.7 Å². The smallest absolute Gasteiger partial charge is 0.0237 e. The normalized spacial score (nSPS) is 27.1. The summed E-state index contributed by atoms with van der Waals surface area (Å²) in [7, 11) is 0. The van der Waals surface area contributed by atoms with Gasteiger partial charge < -0.3 is 0 Å². The molecule has 0 nitrogen and oxygen atoms in total. The second kappa shape index (κ2) is 2.92. The molecule has 0 fully saturated rings. The molecule has 0 heterocycles. The van der Waals surface area contributed by atoms with Crippen LogP contribution in [0.1, 0.15) is 33.1 Å². The quantitative estimate of drug-likeness (QED) is 0.493. The van der Waals surface area contributed by atoms with E-state index in [2.05, 4.69) is 25.7 Å². The SMILES string of the molecule is CCC(C)C1C#CCC1. The molecule has 0 aliphatic heterocycles. The van der Waals surface area contributed by atoms with Crippen LogP contribution < -0.4 is 0 Å². The van der Waals surface area contributed by atoms with Gasteiger partial charge in [0.25, 0.3) is 0 Å². The Morgan fingerprint density at radius 2 is 2.44 bits per heavy atom. The molecule has 2 atom stereocenters. The predicted molar refractivity (Wildman–Crippen MR) is 40.0 cm³/mol. The zero-order valence-corrected chi connectivity index (χ0v) is 6.28. The molecule has 0 saturated heterocycles. The molecule has 0 heteroatoms. The third-order valence-electron chi connectivity index (χ3n) is 2.20. The van der Waals surface area contributed by atoms with Crippen molar-refractivity contribution in [3.63, 3.8) is 0 Å². The van der Waals surface area contributed by atoms with Gasteiger partial charge >= 0.3 is 0 Å². The van der Waals surface area contributed by atoms with Gasteiger partial charge in [-0.2, -0.15) is 0 Å². The molecule has 1 aliphatic carbocycles. The molecule has 1 aliphatic rings. The minimum Gasteiger partial charge on any atom is -0.103 e. The van der Waals surface area contributed by atoms with Gasteiger partial charge in [0.2, 0.25) is 0 Å². The van der Waals surface area contributed by atoms with E-state index in [0.29, 0.717) is 0 Å². The topological polar surface area (TPSA) is 0 Å². The fourth-order valence-corrected chi connectivity index (χ4v) is 1.21. The van der Waals surface area contributed by atoms with Crippen molar-refractivity contribution in [3.05, 3.63) is 0 Å². The van der Waals surface area contributed by atoms with Gasteiger partial charge in [-0.05, 0) is 12.3 Å². The maximum absolute atomic E-state index is 3.26. The lowest BCUT2D eigenvalue weighted by Gasteiger charge is -2.12. The van der Waals surface area contributed by atoms with Gasteiger partial charge in [0.05, 0.1) is 0 Å². The Labute approximate surface area is 57.7 Å². The Morgan fingerprint density at radius 1 is 1.67 bits per heavy atom. The van der Waals surface area contributed by atoms with E-state index in [-0.39, 0.29) is 0 Å². The highest BCUT2D eigenvalue weighted by Crippen LogP contribution is 2.22. The van der Waals surface area contributed by atoms with E-state index >= 15 is 0 Å². The number of hydrogen-bond acceptors (Lipinski definition) is 0. The molecule has 9 heavy (non-hydrogen) atoms. The third-order valence-corrected chi connectivity index (χ3v) is 2.20. The highest BCUT2D eigenvalue weighted by atomic mass is 14.2. The minimum absolute atomic E-state index is 0.718. The van der Waals surface area contributed by atoms with Crippen molar-refractivity contribution in [1.29, 1.82) is 0 Å². The second-order valence-corrected chi connectivity index (χ2v) is 2.85. The Balaban J connectivity index is 2.36. The van der Waals surface area contributed by atoms with E-state index in [1.807, 2.05) is 0 Å². The summed E-state index contributed by atoms with van der Waals surface area (Å²) in [5.41, 5.74) is 0. The lowest BCUT2D eigenvalue weighted by atomic mass is 9.92. The molecule has 0 aromatic carbocycles. The molecule has 2 unspecified atom stereocenters. The molecule has 0 saturated carbocycles. The van der Waals surface area contributed by atoms with Crippen molar-refractivity contribution in [3.8, 4) is 11.8 Å². The molecule has 0 radical (unpaired) electrons. The Bertz CT molecular complexity index is 136. The summed E-state index contributed by atoms with van der Waals surface area (Å²) in [6.07, 6.45) is 3.70. The first kappa shape index (κ1) is 6.68. The van der Waals surface area contributed by atoms with Crippen LogP contribution in [-0.2, 0) is 0 Å². The maximum Gasteiger partial charge on any atom is 0.0237 e. The van der Waals surface area contributed by atoms with Crippen molar-refractivity contribution in [2.75, 3.05) is 0 Å². The summed E-state index contributed by atoms with van der Waals surface area (Å²) in [6, 6.07) is 0. The molecular weight excluding hydrogens is 108 g/mol. The van der Waals surface area contributed by atoms with Gasteiger partial charge in [-0.15, -0.1) is 5.92 Å². The first-order valence-corrected chi connectivity index (χ1v) is 3.83. The van der Waals surface area contributed by atoms with Crippen molar-refractivity contribution in [1.82, 2.24) is 0 Å². The standard InChI is InChI=1S/C9H14/c1-3-8(2)9-6-4-5-7-9/h8-9H,3-4,6H2,1-2H3. The first-order chi connectivity index (χ1) is 4.34. The fourth-order valence-electron chi connectivity index (χ4n) is 1.21. The summed E-state index contributed by atoms with van der Waals surface area (Å²) in [5.74, 6) is 7.93. The molecule has 0 aromatic heterocycles. The van der Waals surface area contributed by atoms with E-state index < -0.39 is 0 Å². The predicted octanol–water partition coefficient (Wildman–Crippen LogP) is 2.45. The van der Waals surface area contributed by atoms with Crippen LogP contribution in [0.4, 0.5) is 0 Å². The maximum atomic E-state index is 3.26. The van der Waals surface area contributed by atoms with Crippen molar-refractivity contribution in [2.45, 2.75) is 33.1 Å².